The molecule has 1 atom stereocenters. The molecule has 0 radical (unpaired) electrons. The van der Waals surface area contributed by atoms with Crippen LogP contribution in [0.1, 0.15) is 18.0 Å². The van der Waals surface area contributed by atoms with Gasteiger partial charge in [-0.15, -0.1) is 0 Å². The van der Waals surface area contributed by atoms with E-state index in [1.165, 1.54) is 0 Å². The number of rotatable bonds is 3. The molecule has 12 heavy (non-hydrogen) atoms. The maximum atomic E-state index is 8.65. The van der Waals surface area contributed by atoms with E-state index in [0.717, 1.165) is 5.56 Å². The van der Waals surface area contributed by atoms with Gasteiger partial charge in [0.05, 0.1) is 5.02 Å². The van der Waals surface area contributed by atoms with Crippen molar-refractivity contribution < 1.29 is 5.11 Å². The van der Waals surface area contributed by atoms with Gasteiger partial charge in [-0.2, -0.15) is 0 Å². The van der Waals surface area contributed by atoms with Crippen LogP contribution in [-0.2, 0) is 0 Å². The van der Waals surface area contributed by atoms with E-state index in [-0.39, 0.29) is 12.6 Å². The first-order chi connectivity index (χ1) is 5.75. The van der Waals surface area contributed by atoms with E-state index in [9.17, 15) is 0 Å². The summed E-state index contributed by atoms with van der Waals surface area (Å²) in [5, 5.41) is 9.20. The summed E-state index contributed by atoms with van der Waals surface area (Å²) in [6.45, 7) is 0.0693. The number of halogens is 1. The molecule has 0 bridgehead atoms. The topological polar surface area (TPSA) is 59.1 Å². The van der Waals surface area contributed by atoms with Crippen molar-refractivity contribution in [3.63, 3.8) is 0 Å². The Kier molecular flexibility index (Phi) is 3.47. The van der Waals surface area contributed by atoms with Crippen LogP contribution in [0.25, 0.3) is 0 Å². The fourth-order valence-electron chi connectivity index (χ4n) is 0.981. The zero-order valence-corrected chi connectivity index (χ0v) is 7.33. The van der Waals surface area contributed by atoms with Crippen LogP contribution >= 0.6 is 11.6 Å². The molecule has 1 heterocycles. The largest absolute Gasteiger partial charge is 0.396 e. The van der Waals surface area contributed by atoms with Crippen LogP contribution in [0.4, 0.5) is 0 Å². The van der Waals surface area contributed by atoms with Crippen LogP contribution in [0.15, 0.2) is 18.5 Å². The predicted molar refractivity (Wildman–Crippen MR) is 47.9 cm³/mol. The van der Waals surface area contributed by atoms with Gasteiger partial charge in [-0.05, 0) is 18.1 Å². The molecule has 0 saturated heterocycles. The van der Waals surface area contributed by atoms with E-state index >= 15 is 0 Å². The monoisotopic (exact) mass is 186 g/mol. The second-order valence-corrected chi connectivity index (χ2v) is 2.92. The van der Waals surface area contributed by atoms with Crippen molar-refractivity contribution in [1.82, 2.24) is 4.98 Å². The highest BCUT2D eigenvalue weighted by molar-refractivity contribution is 6.31. The summed E-state index contributed by atoms with van der Waals surface area (Å²) in [6, 6.07) is 1.56. The molecular formula is C8H11ClN2O. The molecule has 3 nitrogen and oxygen atoms in total. The average molecular weight is 187 g/mol. The molecule has 1 aromatic heterocycles. The molecule has 0 saturated carbocycles. The Balaban J connectivity index is 2.79. The fourth-order valence-corrected chi connectivity index (χ4v) is 1.24. The van der Waals surface area contributed by atoms with Crippen molar-refractivity contribution in [3.8, 4) is 0 Å². The molecule has 0 amide bonds. The summed E-state index contributed by atoms with van der Waals surface area (Å²) >= 11 is 5.83. The molecule has 0 aliphatic carbocycles. The first-order valence-electron chi connectivity index (χ1n) is 3.71. The zero-order valence-electron chi connectivity index (χ0n) is 6.57. The van der Waals surface area contributed by atoms with Crippen molar-refractivity contribution in [2.24, 2.45) is 5.73 Å². The van der Waals surface area contributed by atoms with Crippen molar-refractivity contribution >= 4 is 11.6 Å². The third-order valence-corrected chi connectivity index (χ3v) is 1.96. The molecule has 66 valence electrons. The van der Waals surface area contributed by atoms with Gasteiger partial charge in [-0.1, -0.05) is 11.6 Å². The summed E-state index contributed by atoms with van der Waals surface area (Å²) in [7, 11) is 0. The number of pyridine rings is 1. The first-order valence-corrected chi connectivity index (χ1v) is 4.09. The maximum Gasteiger partial charge on any atom is 0.0637 e. The van der Waals surface area contributed by atoms with E-state index in [4.69, 9.17) is 22.4 Å². The second-order valence-electron chi connectivity index (χ2n) is 2.52. The van der Waals surface area contributed by atoms with Crippen LogP contribution < -0.4 is 5.73 Å². The molecule has 4 heteroatoms. The summed E-state index contributed by atoms with van der Waals surface area (Å²) in [4.78, 5) is 3.84. The number of nitrogens with two attached hydrogens (primary N) is 1. The number of hydrogen-bond acceptors (Lipinski definition) is 3. The maximum absolute atomic E-state index is 8.65. The van der Waals surface area contributed by atoms with Gasteiger partial charge in [-0.25, -0.2) is 0 Å². The molecule has 0 aliphatic rings. The third kappa shape index (κ3) is 2.17. The van der Waals surface area contributed by atoms with Gasteiger partial charge in [0.15, 0.2) is 0 Å². The molecule has 0 fully saturated rings. The molecular weight excluding hydrogens is 176 g/mol. The first kappa shape index (κ1) is 9.45. The van der Waals surface area contributed by atoms with Crippen LogP contribution in [-0.4, -0.2) is 16.7 Å². The van der Waals surface area contributed by atoms with Crippen molar-refractivity contribution in [2.75, 3.05) is 6.61 Å². The van der Waals surface area contributed by atoms with Crippen LogP contribution in [0.2, 0.25) is 5.02 Å². The van der Waals surface area contributed by atoms with Crippen LogP contribution in [0.5, 0.6) is 0 Å². The predicted octanol–water partition coefficient (Wildman–Crippen LogP) is 1.12. The molecule has 0 aliphatic heterocycles. The summed E-state index contributed by atoms with van der Waals surface area (Å²) in [6.07, 6.45) is 3.70. The van der Waals surface area contributed by atoms with Gasteiger partial charge < -0.3 is 10.8 Å². The highest BCUT2D eigenvalue weighted by Crippen LogP contribution is 2.21. The van der Waals surface area contributed by atoms with E-state index in [1.54, 1.807) is 18.5 Å². The van der Waals surface area contributed by atoms with Crippen molar-refractivity contribution in [3.05, 3.63) is 29.0 Å². The minimum Gasteiger partial charge on any atom is -0.396 e. The average Bonchev–Trinajstić information content (AvgIpc) is 2.05. The standard InChI is InChI=1S/C8H11ClN2O/c9-7-5-11-3-1-6(7)8(10)2-4-12/h1,3,5,8,12H,2,4,10H2. The zero-order chi connectivity index (χ0) is 8.97. The summed E-state index contributed by atoms with van der Waals surface area (Å²) < 4.78 is 0. The van der Waals surface area contributed by atoms with Crippen molar-refractivity contribution in [1.29, 1.82) is 0 Å². The third-order valence-electron chi connectivity index (χ3n) is 1.64. The smallest absolute Gasteiger partial charge is 0.0637 e. The summed E-state index contributed by atoms with van der Waals surface area (Å²) in [5.74, 6) is 0. The Morgan fingerprint density at radius 3 is 3.00 bits per heavy atom. The molecule has 1 aromatic rings. The number of hydrogen-bond donors (Lipinski definition) is 2. The van der Waals surface area contributed by atoms with E-state index in [1.807, 2.05) is 0 Å². The molecule has 0 spiro atoms. The summed E-state index contributed by atoms with van der Waals surface area (Å²) in [5.41, 5.74) is 6.57. The van der Waals surface area contributed by atoms with Crippen LogP contribution in [0, 0.1) is 0 Å². The lowest BCUT2D eigenvalue weighted by molar-refractivity contribution is 0.276. The Labute approximate surface area is 76.2 Å². The van der Waals surface area contributed by atoms with E-state index in [2.05, 4.69) is 4.98 Å². The highest BCUT2D eigenvalue weighted by atomic mass is 35.5. The highest BCUT2D eigenvalue weighted by Gasteiger charge is 2.08. The molecule has 3 N–H and O–H groups in total. The van der Waals surface area contributed by atoms with Crippen molar-refractivity contribution in [2.45, 2.75) is 12.5 Å². The van der Waals surface area contributed by atoms with Gasteiger partial charge >= 0.3 is 0 Å². The molecule has 1 rings (SSSR count). The Bertz CT molecular complexity index is 255. The normalized spacial score (nSPS) is 12.9. The quantitative estimate of drug-likeness (QED) is 0.744. The SMILES string of the molecule is NC(CCO)c1ccncc1Cl. The number of nitrogens with zero attached hydrogens (tertiary/aromatic N) is 1. The number of aromatic nitrogens is 1. The molecule has 0 aromatic carbocycles. The van der Waals surface area contributed by atoms with Gasteiger partial charge in [0.25, 0.3) is 0 Å². The minimum absolute atomic E-state index is 0.0693. The lowest BCUT2D eigenvalue weighted by atomic mass is 10.1. The molecule has 1 unspecified atom stereocenters. The minimum atomic E-state index is -0.203. The lowest BCUT2D eigenvalue weighted by Crippen LogP contribution is -2.12. The van der Waals surface area contributed by atoms with Gasteiger partial charge in [0, 0.05) is 25.0 Å². The lowest BCUT2D eigenvalue weighted by Gasteiger charge is -2.10. The van der Waals surface area contributed by atoms with E-state index < -0.39 is 0 Å². The number of aliphatic hydroxyl groups excluding tert-OH is 1. The Hall–Kier alpha value is -0.640. The van der Waals surface area contributed by atoms with Gasteiger partial charge in [0.2, 0.25) is 0 Å². The van der Waals surface area contributed by atoms with Gasteiger partial charge in [0.1, 0.15) is 0 Å². The van der Waals surface area contributed by atoms with Crippen LogP contribution in [0.3, 0.4) is 0 Å². The Morgan fingerprint density at radius 2 is 2.42 bits per heavy atom. The number of aliphatic hydroxyl groups is 1. The second kappa shape index (κ2) is 4.40. The Morgan fingerprint density at radius 1 is 1.67 bits per heavy atom. The van der Waals surface area contributed by atoms with Gasteiger partial charge in [-0.3, -0.25) is 4.98 Å². The van der Waals surface area contributed by atoms with E-state index in [0.29, 0.717) is 11.4 Å². The fraction of sp³-hybridized carbons (Fsp3) is 0.375.